The molecule has 3 N–H and O–H groups in total. The number of hydrogen-bond acceptors (Lipinski definition) is 3. The lowest BCUT2D eigenvalue weighted by Gasteiger charge is -2.14. The predicted molar refractivity (Wildman–Crippen MR) is 64.1 cm³/mol. The molecule has 0 aliphatic heterocycles. The maximum Gasteiger partial charge on any atom is 0.211 e. The first-order valence-corrected chi connectivity index (χ1v) is 7.25. The Hall–Kier alpha value is -0.130. The molecule has 0 spiro atoms. The van der Waals surface area contributed by atoms with Crippen LogP contribution >= 0.6 is 0 Å². The largest absolute Gasteiger partial charge is 0.327 e. The molecule has 0 aromatic rings. The smallest absolute Gasteiger partial charge is 0.211 e. The van der Waals surface area contributed by atoms with E-state index in [0.29, 0.717) is 18.9 Å². The average Bonchev–Trinajstić information content (AvgIpc) is 2.11. The number of hydrogen-bond donors (Lipinski definition) is 2. The molecule has 0 saturated carbocycles. The molecule has 92 valence electrons. The van der Waals surface area contributed by atoms with Crippen LogP contribution in [-0.2, 0) is 10.0 Å². The van der Waals surface area contributed by atoms with Crippen LogP contribution in [0.15, 0.2) is 0 Å². The number of rotatable bonds is 8. The Morgan fingerprint density at radius 2 is 1.93 bits per heavy atom. The molecule has 4 nitrogen and oxygen atoms in total. The highest BCUT2D eigenvalue weighted by Gasteiger charge is 2.12. The quantitative estimate of drug-likeness (QED) is 0.662. The van der Waals surface area contributed by atoms with Crippen molar-refractivity contribution < 1.29 is 8.42 Å². The molecule has 0 heterocycles. The molecule has 0 amide bonds. The maximum atomic E-state index is 11.4. The summed E-state index contributed by atoms with van der Waals surface area (Å²) < 4.78 is 25.4. The van der Waals surface area contributed by atoms with Crippen molar-refractivity contribution in [2.24, 2.45) is 11.7 Å². The van der Waals surface area contributed by atoms with Gasteiger partial charge in [0.2, 0.25) is 10.0 Å². The maximum absolute atomic E-state index is 11.4. The van der Waals surface area contributed by atoms with Gasteiger partial charge in [-0.15, -0.1) is 0 Å². The van der Waals surface area contributed by atoms with Crippen LogP contribution in [0.1, 0.15) is 40.0 Å². The van der Waals surface area contributed by atoms with Crippen LogP contribution in [-0.4, -0.2) is 26.8 Å². The number of unbranched alkanes of at least 4 members (excludes halogenated alkanes) is 1. The van der Waals surface area contributed by atoms with Crippen LogP contribution in [0.2, 0.25) is 0 Å². The Kier molecular flexibility index (Phi) is 7.13. The Bertz CT molecular complexity index is 250. The van der Waals surface area contributed by atoms with Crippen LogP contribution in [0.5, 0.6) is 0 Å². The first kappa shape index (κ1) is 14.9. The summed E-state index contributed by atoms with van der Waals surface area (Å²) in [7, 11) is -3.10. The van der Waals surface area contributed by atoms with Gasteiger partial charge >= 0.3 is 0 Å². The van der Waals surface area contributed by atoms with Crippen LogP contribution in [0.3, 0.4) is 0 Å². The van der Waals surface area contributed by atoms with Crippen molar-refractivity contribution >= 4 is 10.0 Å². The first-order valence-electron chi connectivity index (χ1n) is 5.60. The second kappa shape index (κ2) is 7.19. The highest BCUT2D eigenvalue weighted by molar-refractivity contribution is 7.89. The van der Waals surface area contributed by atoms with E-state index in [1.807, 2.05) is 6.92 Å². The standard InChI is InChI=1S/C10H24N2O2S/c1-4-5-6-15(13,14)12-8-10(11)7-9(2)3/h9-10,12H,4-8,11H2,1-3H3. The predicted octanol–water partition coefficient (Wildman–Crippen LogP) is 1.08. The van der Waals surface area contributed by atoms with Gasteiger partial charge in [-0.25, -0.2) is 13.1 Å². The van der Waals surface area contributed by atoms with Gasteiger partial charge in [0.1, 0.15) is 0 Å². The third-order valence-electron chi connectivity index (χ3n) is 2.11. The van der Waals surface area contributed by atoms with Crippen LogP contribution in [0, 0.1) is 5.92 Å². The van der Waals surface area contributed by atoms with Crippen molar-refractivity contribution in [3.63, 3.8) is 0 Å². The number of nitrogens with one attached hydrogen (secondary N) is 1. The van der Waals surface area contributed by atoms with E-state index in [2.05, 4.69) is 18.6 Å². The monoisotopic (exact) mass is 236 g/mol. The fourth-order valence-electron chi connectivity index (χ4n) is 1.33. The zero-order chi connectivity index (χ0) is 11.9. The molecule has 0 aliphatic carbocycles. The zero-order valence-electron chi connectivity index (χ0n) is 9.99. The summed E-state index contributed by atoms with van der Waals surface area (Å²) in [6.45, 7) is 6.47. The van der Waals surface area contributed by atoms with E-state index >= 15 is 0 Å². The van der Waals surface area contributed by atoms with Gasteiger partial charge in [-0.3, -0.25) is 0 Å². The summed E-state index contributed by atoms with van der Waals surface area (Å²) >= 11 is 0. The summed E-state index contributed by atoms with van der Waals surface area (Å²) in [6.07, 6.45) is 2.43. The van der Waals surface area contributed by atoms with Crippen molar-refractivity contribution in [3.05, 3.63) is 0 Å². The summed E-state index contributed by atoms with van der Waals surface area (Å²) in [5, 5.41) is 0. The van der Waals surface area contributed by atoms with Gasteiger partial charge in [0.15, 0.2) is 0 Å². The molecule has 1 unspecified atom stereocenters. The summed E-state index contributed by atoms with van der Waals surface area (Å²) in [4.78, 5) is 0. The SMILES string of the molecule is CCCCS(=O)(=O)NCC(N)CC(C)C. The minimum Gasteiger partial charge on any atom is -0.327 e. The van der Waals surface area contributed by atoms with E-state index in [1.54, 1.807) is 0 Å². The van der Waals surface area contributed by atoms with Crippen molar-refractivity contribution in [3.8, 4) is 0 Å². The lowest BCUT2D eigenvalue weighted by molar-refractivity contribution is 0.485. The summed E-state index contributed by atoms with van der Waals surface area (Å²) in [5.74, 6) is 0.706. The normalized spacial score (nSPS) is 14.5. The molecule has 0 rings (SSSR count). The number of sulfonamides is 1. The Labute approximate surface area is 93.7 Å². The first-order chi connectivity index (χ1) is 6.87. The second-order valence-electron chi connectivity index (χ2n) is 4.41. The van der Waals surface area contributed by atoms with Gasteiger partial charge in [0, 0.05) is 12.6 Å². The Balaban J connectivity index is 3.82. The van der Waals surface area contributed by atoms with E-state index in [-0.39, 0.29) is 11.8 Å². The van der Waals surface area contributed by atoms with E-state index < -0.39 is 10.0 Å². The summed E-state index contributed by atoms with van der Waals surface area (Å²) in [6, 6.07) is -0.0820. The molecule has 1 atom stereocenters. The fourth-order valence-corrected chi connectivity index (χ4v) is 2.61. The molecule has 0 aromatic carbocycles. The molecule has 15 heavy (non-hydrogen) atoms. The van der Waals surface area contributed by atoms with Crippen molar-refractivity contribution in [2.75, 3.05) is 12.3 Å². The van der Waals surface area contributed by atoms with E-state index in [0.717, 1.165) is 12.8 Å². The molecule has 0 aromatic heterocycles. The van der Waals surface area contributed by atoms with Gasteiger partial charge in [-0.2, -0.15) is 0 Å². The van der Waals surface area contributed by atoms with Crippen molar-refractivity contribution in [2.45, 2.75) is 46.1 Å². The second-order valence-corrected chi connectivity index (χ2v) is 6.34. The topological polar surface area (TPSA) is 72.2 Å². The minimum absolute atomic E-state index is 0.0820. The van der Waals surface area contributed by atoms with Crippen molar-refractivity contribution in [1.82, 2.24) is 4.72 Å². The molecule has 0 aliphatic rings. The van der Waals surface area contributed by atoms with E-state index in [9.17, 15) is 8.42 Å². The summed E-state index contributed by atoms with van der Waals surface area (Å²) in [5.41, 5.74) is 5.78. The van der Waals surface area contributed by atoms with E-state index in [1.165, 1.54) is 0 Å². The van der Waals surface area contributed by atoms with Gasteiger partial charge in [-0.1, -0.05) is 27.2 Å². The Morgan fingerprint density at radius 1 is 1.33 bits per heavy atom. The molecule has 0 saturated heterocycles. The van der Waals surface area contributed by atoms with Crippen molar-refractivity contribution in [1.29, 1.82) is 0 Å². The van der Waals surface area contributed by atoms with Crippen LogP contribution < -0.4 is 10.5 Å². The lowest BCUT2D eigenvalue weighted by atomic mass is 10.1. The van der Waals surface area contributed by atoms with Gasteiger partial charge < -0.3 is 5.73 Å². The molecule has 0 radical (unpaired) electrons. The molecule has 5 heteroatoms. The molecular weight excluding hydrogens is 212 g/mol. The van der Waals surface area contributed by atoms with Gasteiger partial charge in [0.25, 0.3) is 0 Å². The zero-order valence-corrected chi connectivity index (χ0v) is 10.8. The van der Waals surface area contributed by atoms with Crippen LogP contribution in [0.4, 0.5) is 0 Å². The third kappa shape index (κ3) is 8.84. The minimum atomic E-state index is -3.10. The third-order valence-corrected chi connectivity index (χ3v) is 3.54. The fraction of sp³-hybridized carbons (Fsp3) is 1.00. The number of nitrogens with two attached hydrogens (primary N) is 1. The average molecular weight is 236 g/mol. The van der Waals surface area contributed by atoms with E-state index in [4.69, 9.17) is 5.73 Å². The Morgan fingerprint density at radius 3 is 2.40 bits per heavy atom. The molecule has 0 bridgehead atoms. The highest BCUT2D eigenvalue weighted by Crippen LogP contribution is 2.02. The highest BCUT2D eigenvalue weighted by atomic mass is 32.2. The van der Waals surface area contributed by atoms with Gasteiger partial charge in [-0.05, 0) is 18.8 Å². The lowest BCUT2D eigenvalue weighted by Crippen LogP contribution is -2.38. The molecule has 0 fully saturated rings. The van der Waals surface area contributed by atoms with Crippen LogP contribution in [0.25, 0.3) is 0 Å². The van der Waals surface area contributed by atoms with Gasteiger partial charge in [0.05, 0.1) is 5.75 Å². The molecular formula is C10H24N2O2S.